The summed E-state index contributed by atoms with van der Waals surface area (Å²) in [6.07, 6.45) is 4.95. The summed E-state index contributed by atoms with van der Waals surface area (Å²) in [5.74, 6) is -0.0424. The normalized spacial score (nSPS) is 19.8. The first-order valence-electron chi connectivity index (χ1n) is 7.44. The highest BCUT2D eigenvalue weighted by Gasteiger charge is 2.17. The predicted molar refractivity (Wildman–Crippen MR) is 83.3 cm³/mol. The number of halogens is 1. The Balaban J connectivity index is 1.69. The first kappa shape index (κ1) is 15.3. The summed E-state index contributed by atoms with van der Waals surface area (Å²) < 4.78 is 0. The lowest BCUT2D eigenvalue weighted by Gasteiger charge is -2.33. The van der Waals surface area contributed by atoms with Crippen LogP contribution in [0.1, 0.15) is 43.0 Å². The zero-order chi connectivity index (χ0) is 14.4. The van der Waals surface area contributed by atoms with Gasteiger partial charge in [0.2, 0.25) is 0 Å². The van der Waals surface area contributed by atoms with Crippen molar-refractivity contribution in [2.75, 3.05) is 19.6 Å². The molecule has 4 heteroatoms. The number of piperidine rings is 1. The number of benzene rings is 1. The highest BCUT2D eigenvalue weighted by Crippen LogP contribution is 2.16. The van der Waals surface area contributed by atoms with Crippen LogP contribution in [-0.4, -0.2) is 36.5 Å². The van der Waals surface area contributed by atoms with Crippen molar-refractivity contribution in [3.63, 3.8) is 0 Å². The molecule has 20 heavy (non-hydrogen) atoms. The van der Waals surface area contributed by atoms with E-state index in [1.54, 1.807) is 24.3 Å². The standard InChI is InChI=1S/C16H23ClN2O/c1-13-6-2-3-10-19(13)11-5-9-18-16(20)14-7-4-8-15(17)12-14/h4,7-8,12-13H,2-3,5-6,9-11H2,1H3,(H,18,20). The number of nitrogens with zero attached hydrogens (tertiary/aromatic N) is 1. The fraction of sp³-hybridized carbons (Fsp3) is 0.562. The first-order valence-corrected chi connectivity index (χ1v) is 7.82. The van der Waals surface area contributed by atoms with Crippen LogP contribution in [0.25, 0.3) is 0 Å². The van der Waals surface area contributed by atoms with E-state index in [0.29, 0.717) is 23.2 Å². The van der Waals surface area contributed by atoms with Crippen molar-refractivity contribution in [2.24, 2.45) is 0 Å². The zero-order valence-electron chi connectivity index (χ0n) is 12.1. The second-order valence-electron chi connectivity index (χ2n) is 5.50. The van der Waals surface area contributed by atoms with E-state index in [2.05, 4.69) is 17.1 Å². The number of carbonyl (C=O) groups excluding carboxylic acids is 1. The lowest BCUT2D eigenvalue weighted by molar-refractivity contribution is 0.0949. The van der Waals surface area contributed by atoms with Crippen LogP contribution in [0.4, 0.5) is 0 Å². The molecular formula is C16H23ClN2O. The molecule has 1 aliphatic rings. The minimum atomic E-state index is -0.0424. The van der Waals surface area contributed by atoms with Gasteiger partial charge < -0.3 is 10.2 Å². The fourth-order valence-corrected chi connectivity index (χ4v) is 2.90. The van der Waals surface area contributed by atoms with Crippen LogP contribution in [0.3, 0.4) is 0 Å². The van der Waals surface area contributed by atoms with Gasteiger partial charge in [-0.15, -0.1) is 0 Å². The van der Waals surface area contributed by atoms with Crippen molar-refractivity contribution >= 4 is 17.5 Å². The van der Waals surface area contributed by atoms with Crippen LogP contribution < -0.4 is 5.32 Å². The van der Waals surface area contributed by atoms with Crippen molar-refractivity contribution in [3.05, 3.63) is 34.9 Å². The van der Waals surface area contributed by atoms with Gasteiger partial charge in [-0.2, -0.15) is 0 Å². The van der Waals surface area contributed by atoms with E-state index in [1.165, 1.54) is 25.8 Å². The average molecular weight is 295 g/mol. The van der Waals surface area contributed by atoms with Crippen LogP contribution >= 0.6 is 11.6 Å². The summed E-state index contributed by atoms with van der Waals surface area (Å²) in [5.41, 5.74) is 0.629. The lowest BCUT2D eigenvalue weighted by atomic mass is 10.0. The molecule has 1 fully saturated rings. The summed E-state index contributed by atoms with van der Waals surface area (Å²) in [4.78, 5) is 14.5. The Morgan fingerprint density at radius 2 is 2.30 bits per heavy atom. The van der Waals surface area contributed by atoms with Gasteiger partial charge in [0.15, 0.2) is 0 Å². The molecular weight excluding hydrogens is 272 g/mol. The number of amides is 1. The molecule has 1 aromatic rings. The van der Waals surface area contributed by atoms with Gasteiger partial charge in [-0.3, -0.25) is 4.79 Å². The van der Waals surface area contributed by atoms with Gasteiger partial charge in [0, 0.05) is 29.7 Å². The second kappa shape index (κ2) is 7.65. The van der Waals surface area contributed by atoms with E-state index in [4.69, 9.17) is 11.6 Å². The Bertz CT molecular complexity index is 450. The molecule has 1 unspecified atom stereocenters. The van der Waals surface area contributed by atoms with Crippen LogP contribution in [0.15, 0.2) is 24.3 Å². The maximum Gasteiger partial charge on any atom is 0.251 e. The van der Waals surface area contributed by atoms with Crippen molar-refractivity contribution in [3.8, 4) is 0 Å². The molecule has 1 heterocycles. The molecule has 0 saturated carbocycles. The van der Waals surface area contributed by atoms with Gasteiger partial charge in [0.05, 0.1) is 0 Å². The Morgan fingerprint density at radius 3 is 3.05 bits per heavy atom. The van der Waals surface area contributed by atoms with Crippen LogP contribution in [0, 0.1) is 0 Å². The van der Waals surface area contributed by atoms with E-state index in [-0.39, 0.29) is 5.91 Å². The van der Waals surface area contributed by atoms with Crippen LogP contribution in [0.5, 0.6) is 0 Å². The quantitative estimate of drug-likeness (QED) is 0.845. The number of rotatable bonds is 5. The summed E-state index contributed by atoms with van der Waals surface area (Å²) in [7, 11) is 0. The monoisotopic (exact) mass is 294 g/mol. The van der Waals surface area contributed by atoms with Gasteiger partial charge >= 0.3 is 0 Å². The highest BCUT2D eigenvalue weighted by atomic mass is 35.5. The molecule has 0 bridgehead atoms. The summed E-state index contributed by atoms with van der Waals surface area (Å²) in [6.45, 7) is 5.28. The molecule has 1 aromatic carbocycles. The number of hydrogen-bond donors (Lipinski definition) is 1. The van der Waals surface area contributed by atoms with E-state index in [0.717, 1.165) is 13.0 Å². The van der Waals surface area contributed by atoms with E-state index < -0.39 is 0 Å². The molecule has 2 rings (SSSR count). The smallest absolute Gasteiger partial charge is 0.251 e. The topological polar surface area (TPSA) is 32.3 Å². The molecule has 110 valence electrons. The van der Waals surface area contributed by atoms with Crippen molar-refractivity contribution in [1.82, 2.24) is 10.2 Å². The Morgan fingerprint density at radius 1 is 1.45 bits per heavy atom. The third-order valence-electron chi connectivity index (χ3n) is 3.94. The fourth-order valence-electron chi connectivity index (χ4n) is 2.71. The predicted octanol–water partition coefficient (Wildman–Crippen LogP) is 3.33. The van der Waals surface area contributed by atoms with Gasteiger partial charge in [-0.1, -0.05) is 24.1 Å². The summed E-state index contributed by atoms with van der Waals surface area (Å²) >= 11 is 5.88. The molecule has 0 spiro atoms. The molecule has 0 radical (unpaired) electrons. The van der Waals surface area contributed by atoms with E-state index in [1.807, 2.05) is 0 Å². The van der Waals surface area contributed by atoms with Crippen molar-refractivity contribution < 1.29 is 4.79 Å². The van der Waals surface area contributed by atoms with Gasteiger partial charge in [0.25, 0.3) is 5.91 Å². The number of carbonyl (C=O) groups is 1. The Labute approximate surface area is 126 Å². The maximum atomic E-state index is 11.9. The molecule has 0 aliphatic carbocycles. The largest absolute Gasteiger partial charge is 0.352 e. The maximum absolute atomic E-state index is 11.9. The molecule has 1 N–H and O–H groups in total. The Kier molecular flexibility index (Phi) is 5.86. The van der Waals surface area contributed by atoms with Crippen molar-refractivity contribution in [1.29, 1.82) is 0 Å². The van der Waals surface area contributed by atoms with Gasteiger partial charge in [-0.25, -0.2) is 0 Å². The minimum Gasteiger partial charge on any atom is -0.352 e. The third kappa shape index (κ3) is 4.50. The summed E-state index contributed by atoms with van der Waals surface area (Å²) in [6, 6.07) is 7.74. The number of likely N-dealkylation sites (tertiary alicyclic amines) is 1. The SMILES string of the molecule is CC1CCCCN1CCCNC(=O)c1cccc(Cl)c1. The molecule has 1 saturated heterocycles. The van der Waals surface area contributed by atoms with E-state index >= 15 is 0 Å². The highest BCUT2D eigenvalue weighted by molar-refractivity contribution is 6.30. The molecule has 3 nitrogen and oxygen atoms in total. The second-order valence-corrected chi connectivity index (χ2v) is 5.94. The van der Waals surface area contributed by atoms with E-state index in [9.17, 15) is 4.79 Å². The third-order valence-corrected chi connectivity index (χ3v) is 4.17. The summed E-state index contributed by atoms with van der Waals surface area (Å²) in [5, 5.41) is 3.55. The average Bonchev–Trinajstić information content (AvgIpc) is 2.45. The van der Waals surface area contributed by atoms with Gasteiger partial charge in [0.1, 0.15) is 0 Å². The molecule has 1 amide bonds. The first-order chi connectivity index (χ1) is 9.66. The molecule has 1 atom stereocenters. The van der Waals surface area contributed by atoms with Gasteiger partial charge in [-0.05, 0) is 50.9 Å². The van der Waals surface area contributed by atoms with Crippen LogP contribution in [-0.2, 0) is 0 Å². The number of nitrogens with one attached hydrogen (secondary N) is 1. The number of hydrogen-bond acceptors (Lipinski definition) is 2. The lowest BCUT2D eigenvalue weighted by Crippen LogP contribution is -2.39. The van der Waals surface area contributed by atoms with Crippen LogP contribution in [0.2, 0.25) is 5.02 Å². The van der Waals surface area contributed by atoms with Crippen molar-refractivity contribution in [2.45, 2.75) is 38.6 Å². The minimum absolute atomic E-state index is 0.0424. The Hall–Kier alpha value is -1.06. The molecule has 0 aromatic heterocycles. The molecule has 1 aliphatic heterocycles. The zero-order valence-corrected chi connectivity index (χ0v) is 12.8.